The Morgan fingerprint density at radius 2 is 0.840 bits per heavy atom. The lowest BCUT2D eigenvalue weighted by Gasteiger charge is -2.26. The van der Waals surface area contributed by atoms with E-state index in [1.54, 1.807) is 0 Å². The highest BCUT2D eigenvalue weighted by molar-refractivity contribution is 5.87. The molecule has 0 saturated carbocycles. The molecule has 0 aromatic rings. The molecule has 0 radical (unpaired) electrons. The third-order valence-electron chi connectivity index (χ3n) is 2.93. The average molecular weight is 366 g/mol. The first-order chi connectivity index (χ1) is 11.4. The average Bonchev–Trinajstić information content (AvgIpc) is 2.42. The molecule has 13 nitrogen and oxygen atoms in total. The van der Waals surface area contributed by atoms with Crippen LogP contribution in [0.3, 0.4) is 0 Å². The van der Waals surface area contributed by atoms with Gasteiger partial charge < -0.3 is 35.4 Å². The van der Waals surface area contributed by atoms with E-state index >= 15 is 0 Å². The quantitative estimate of drug-likeness (QED) is 0.225. The van der Waals surface area contributed by atoms with Crippen LogP contribution in [0.4, 0.5) is 0 Å². The van der Waals surface area contributed by atoms with E-state index in [-0.39, 0.29) is 0 Å². The Bertz CT molecular complexity index is 530. The van der Waals surface area contributed by atoms with E-state index in [2.05, 4.69) is 4.74 Å². The lowest BCUT2D eigenvalue weighted by molar-refractivity contribution is -0.186. The lowest BCUT2D eigenvalue weighted by Crippen LogP contribution is -2.47. The first kappa shape index (κ1) is 21.8. The van der Waals surface area contributed by atoms with Crippen molar-refractivity contribution in [3.05, 3.63) is 0 Å². The van der Waals surface area contributed by atoms with Gasteiger partial charge in [0.2, 0.25) is 0 Å². The summed E-state index contributed by atoms with van der Waals surface area (Å²) in [6.45, 7) is 0. The summed E-state index contributed by atoms with van der Waals surface area (Å²) in [5.41, 5.74) is 0. The van der Waals surface area contributed by atoms with Crippen molar-refractivity contribution in [3.8, 4) is 0 Å². The van der Waals surface area contributed by atoms with Gasteiger partial charge in [0.25, 0.3) is 0 Å². The number of carbonyl (C=O) groups is 6. The summed E-state index contributed by atoms with van der Waals surface area (Å²) < 4.78 is 4.53. The molecule has 0 aliphatic carbocycles. The zero-order valence-electron chi connectivity index (χ0n) is 12.3. The van der Waals surface area contributed by atoms with Crippen LogP contribution < -0.4 is 0 Å². The molecular weight excluding hydrogens is 352 g/mol. The molecule has 0 aromatic heterocycles. The SMILES string of the molecule is O=C(O)CC(C(=O)O)C(OC(C(=O)O)C(CC(=O)O)C(=O)O)C(=O)O. The Hall–Kier alpha value is -3.22. The molecule has 0 aliphatic heterocycles. The third kappa shape index (κ3) is 6.82. The number of hydrogen-bond donors (Lipinski definition) is 6. The van der Waals surface area contributed by atoms with Gasteiger partial charge in [0.05, 0.1) is 12.8 Å². The predicted molar refractivity (Wildman–Crippen MR) is 70.7 cm³/mol. The summed E-state index contributed by atoms with van der Waals surface area (Å²) >= 11 is 0. The molecule has 0 saturated heterocycles. The van der Waals surface area contributed by atoms with Gasteiger partial charge in [-0.25, -0.2) is 9.59 Å². The van der Waals surface area contributed by atoms with Crippen LogP contribution in [-0.2, 0) is 33.5 Å². The van der Waals surface area contributed by atoms with Crippen molar-refractivity contribution in [2.45, 2.75) is 25.0 Å². The number of hydrogen-bond acceptors (Lipinski definition) is 7. The minimum Gasteiger partial charge on any atom is -0.481 e. The van der Waals surface area contributed by atoms with E-state index in [9.17, 15) is 28.8 Å². The summed E-state index contributed by atoms with van der Waals surface area (Å²) in [4.78, 5) is 65.7. The number of carboxylic acid groups (broad SMARTS) is 6. The van der Waals surface area contributed by atoms with Crippen molar-refractivity contribution in [3.63, 3.8) is 0 Å². The predicted octanol–water partition coefficient (Wildman–Crippen LogP) is -1.74. The minimum absolute atomic E-state index is 1.25. The largest absolute Gasteiger partial charge is 0.481 e. The number of aliphatic carboxylic acids is 6. The molecule has 0 fully saturated rings. The van der Waals surface area contributed by atoms with Crippen LogP contribution in [0.15, 0.2) is 0 Å². The standard InChI is InChI=1S/C12H14O13/c13-5(14)1-3(9(17)18)7(11(21)22)25-8(12(23)24)4(10(19)20)2-6(15)16/h3-4,7-8H,1-2H2,(H,13,14)(H,15,16)(H,17,18)(H,19,20)(H,21,22)(H,23,24). The summed E-state index contributed by atoms with van der Waals surface area (Å²) in [5, 5.41) is 53.1. The summed E-state index contributed by atoms with van der Waals surface area (Å²) in [6, 6.07) is 0. The van der Waals surface area contributed by atoms with E-state index in [0.29, 0.717) is 0 Å². The van der Waals surface area contributed by atoms with Crippen molar-refractivity contribution in [1.29, 1.82) is 0 Å². The molecule has 6 N–H and O–H groups in total. The second-order valence-electron chi connectivity index (χ2n) is 4.74. The molecule has 0 bridgehead atoms. The van der Waals surface area contributed by atoms with Crippen LogP contribution in [0.25, 0.3) is 0 Å². The minimum atomic E-state index is -2.54. The first-order valence-corrected chi connectivity index (χ1v) is 6.38. The van der Waals surface area contributed by atoms with E-state index in [0.717, 1.165) is 0 Å². The van der Waals surface area contributed by atoms with E-state index in [1.165, 1.54) is 0 Å². The van der Waals surface area contributed by atoms with Gasteiger partial charge >= 0.3 is 35.8 Å². The first-order valence-electron chi connectivity index (χ1n) is 6.38. The zero-order chi connectivity index (χ0) is 19.9. The van der Waals surface area contributed by atoms with E-state index in [4.69, 9.17) is 30.6 Å². The summed E-state index contributed by atoms with van der Waals surface area (Å²) in [5.74, 6) is -15.9. The molecule has 13 heteroatoms. The molecule has 0 rings (SSSR count). The highest BCUT2D eigenvalue weighted by Gasteiger charge is 2.44. The summed E-state index contributed by atoms with van der Waals surface area (Å²) in [7, 11) is 0. The van der Waals surface area contributed by atoms with Crippen molar-refractivity contribution in [2.24, 2.45) is 11.8 Å². The van der Waals surface area contributed by atoms with Crippen LogP contribution in [0.5, 0.6) is 0 Å². The molecule has 0 spiro atoms. The van der Waals surface area contributed by atoms with E-state index < -0.39 is 72.7 Å². The molecule has 25 heavy (non-hydrogen) atoms. The number of ether oxygens (including phenoxy) is 1. The van der Waals surface area contributed by atoms with Gasteiger partial charge in [-0.3, -0.25) is 19.2 Å². The van der Waals surface area contributed by atoms with Gasteiger partial charge in [0, 0.05) is 0 Å². The van der Waals surface area contributed by atoms with Gasteiger partial charge in [0.15, 0.2) is 12.2 Å². The fourth-order valence-electron chi connectivity index (χ4n) is 1.83. The smallest absolute Gasteiger partial charge is 0.333 e. The topological polar surface area (TPSA) is 233 Å². The maximum absolute atomic E-state index is 11.2. The van der Waals surface area contributed by atoms with E-state index in [1.807, 2.05) is 0 Å². The zero-order valence-corrected chi connectivity index (χ0v) is 12.3. The van der Waals surface area contributed by atoms with Gasteiger partial charge in [-0.1, -0.05) is 0 Å². The van der Waals surface area contributed by atoms with Crippen molar-refractivity contribution < 1.29 is 64.1 Å². The Labute approximate surface area is 138 Å². The van der Waals surface area contributed by atoms with Crippen LogP contribution in [0.1, 0.15) is 12.8 Å². The normalized spacial score (nSPS) is 15.4. The maximum atomic E-state index is 11.2. The highest BCUT2D eigenvalue weighted by Crippen LogP contribution is 2.22. The monoisotopic (exact) mass is 366 g/mol. The van der Waals surface area contributed by atoms with Crippen molar-refractivity contribution >= 4 is 35.8 Å². The van der Waals surface area contributed by atoms with Gasteiger partial charge in [-0.05, 0) is 0 Å². The van der Waals surface area contributed by atoms with Crippen molar-refractivity contribution in [2.75, 3.05) is 0 Å². The molecule has 0 heterocycles. The molecular formula is C12H14O13. The second kappa shape index (κ2) is 9.17. The molecule has 0 aromatic carbocycles. The summed E-state index contributed by atoms with van der Waals surface area (Å²) in [6.07, 6.45) is -7.58. The molecule has 140 valence electrons. The molecule has 0 aliphatic rings. The Morgan fingerprint density at radius 1 is 0.560 bits per heavy atom. The second-order valence-corrected chi connectivity index (χ2v) is 4.74. The van der Waals surface area contributed by atoms with Crippen molar-refractivity contribution in [1.82, 2.24) is 0 Å². The molecule has 4 unspecified atom stereocenters. The lowest BCUT2D eigenvalue weighted by atomic mass is 9.95. The fraction of sp³-hybridized carbons (Fsp3) is 0.500. The van der Waals surface area contributed by atoms with Crippen LogP contribution >= 0.6 is 0 Å². The Balaban J connectivity index is 5.78. The number of carboxylic acids is 6. The molecule has 0 amide bonds. The van der Waals surface area contributed by atoms with Crippen LogP contribution in [0.2, 0.25) is 0 Å². The number of rotatable bonds is 12. The maximum Gasteiger partial charge on any atom is 0.333 e. The third-order valence-corrected chi connectivity index (χ3v) is 2.93. The Morgan fingerprint density at radius 3 is 1.00 bits per heavy atom. The van der Waals surface area contributed by atoms with Gasteiger partial charge in [0.1, 0.15) is 11.8 Å². The fourth-order valence-corrected chi connectivity index (χ4v) is 1.83. The van der Waals surface area contributed by atoms with Crippen LogP contribution in [0, 0.1) is 11.8 Å². The Kier molecular flexibility index (Phi) is 7.99. The van der Waals surface area contributed by atoms with Gasteiger partial charge in [-0.15, -0.1) is 0 Å². The highest BCUT2D eigenvalue weighted by atomic mass is 16.5. The molecule has 4 atom stereocenters. The van der Waals surface area contributed by atoms with Crippen LogP contribution in [-0.4, -0.2) is 78.7 Å². The van der Waals surface area contributed by atoms with Gasteiger partial charge in [-0.2, -0.15) is 0 Å².